The number of rotatable bonds is 3. The molecule has 0 N–H and O–H groups in total. The maximum absolute atomic E-state index is 12.3. The van der Waals surface area contributed by atoms with Crippen molar-refractivity contribution in [3.63, 3.8) is 0 Å². The third-order valence-electron chi connectivity index (χ3n) is 3.93. The zero-order chi connectivity index (χ0) is 17.1. The summed E-state index contributed by atoms with van der Waals surface area (Å²) in [5.74, 6) is 0.169. The van der Waals surface area contributed by atoms with Gasteiger partial charge in [0.15, 0.2) is 0 Å². The Morgan fingerprint density at radius 3 is 2.79 bits per heavy atom. The zero-order valence-electron chi connectivity index (χ0n) is 13.4. The van der Waals surface area contributed by atoms with Crippen molar-refractivity contribution in [3.8, 4) is 6.07 Å². The molecule has 1 aliphatic heterocycles. The van der Waals surface area contributed by atoms with Crippen LogP contribution in [0.25, 0.3) is 0 Å². The van der Waals surface area contributed by atoms with Crippen LogP contribution in [0.3, 0.4) is 0 Å². The molecule has 0 fully saturated rings. The van der Waals surface area contributed by atoms with Gasteiger partial charge in [-0.05, 0) is 41.8 Å². The Labute approximate surface area is 140 Å². The number of fused-ring (bicyclic) bond motifs is 1. The first-order chi connectivity index (χ1) is 11.5. The third kappa shape index (κ3) is 3.47. The quantitative estimate of drug-likeness (QED) is 0.872. The van der Waals surface area contributed by atoms with Crippen molar-refractivity contribution < 1.29 is 9.59 Å². The van der Waals surface area contributed by atoms with Crippen LogP contribution in [0.1, 0.15) is 35.6 Å². The molecular weight excluding hydrogens is 300 g/mol. The van der Waals surface area contributed by atoms with Crippen LogP contribution in [-0.2, 0) is 22.4 Å². The fraction of sp³-hybridized carbons (Fsp3) is 0.200. The number of nitrogens with zero attached hydrogens (tertiary/aromatic N) is 2. The molecule has 1 aliphatic rings. The molecule has 0 radical (unpaired) electrons. The van der Waals surface area contributed by atoms with E-state index < -0.39 is 0 Å². The van der Waals surface area contributed by atoms with E-state index in [4.69, 9.17) is 5.26 Å². The molecule has 2 aromatic carbocycles. The molecule has 0 atom stereocenters. The second-order valence-corrected chi connectivity index (χ2v) is 5.99. The molecule has 4 heteroatoms. The number of hydrogen-bond acceptors (Lipinski definition) is 4. The first kappa shape index (κ1) is 15.8. The van der Waals surface area contributed by atoms with Crippen LogP contribution in [-0.4, -0.2) is 17.3 Å². The van der Waals surface area contributed by atoms with Gasteiger partial charge in [0.25, 0.3) is 0 Å². The average Bonchev–Trinajstić information content (AvgIpc) is 2.72. The predicted molar refractivity (Wildman–Crippen MR) is 91.5 cm³/mol. The lowest BCUT2D eigenvalue weighted by atomic mass is 9.99. The molecule has 3 rings (SSSR count). The molecule has 2 aromatic rings. The average molecular weight is 316 g/mol. The Morgan fingerprint density at radius 2 is 2.04 bits per heavy atom. The summed E-state index contributed by atoms with van der Waals surface area (Å²) in [6.07, 6.45) is 0.917. The lowest BCUT2D eigenvalue weighted by Gasteiger charge is -2.06. The fourth-order valence-corrected chi connectivity index (χ4v) is 2.87. The number of aliphatic imine (C=N–C) groups is 1. The van der Waals surface area contributed by atoms with Crippen LogP contribution in [0.5, 0.6) is 0 Å². The van der Waals surface area contributed by atoms with E-state index in [2.05, 4.69) is 11.1 Å². The molecule has 118 valence electrons. The summed E-state index contributed by atoms with van der Waals surface area (Å²) in [7, 11) is 0. The predicted octanol–water partition coefficient (Wildman–Crippen LogP) is 3.33. The first-order valence-electron chi connectivity index (χ1n) is 7.76. The van der Waals surface area contributed by atoms with Gasteiger partial charge in [0.05, 0.1) is 23.0 Å². The van der Waals surface area contributed by atoms with Gasteiger partial charge in [-0.2, -0.15) is 5.26 Å². The Morgan fingerprint density at radius 1 is 1.21 bits per heavy atom. The number of nitriles is 1. The molecule has 0 spiro atoms. The van der Waals surface area contributed by atoms with Crippen LogP contribution >= 0.6 is 0 Å². The number of carbonyl (C=O) groups excluding carboxylic acids is 2. The second-order valence-electron chi connectivity index (χ2n) is 5.99. The number of hydrogen-bond donors (Lipinski definition) is 0. The lowest BCUT2D eigenvalue weighted by molar-refractivity contribution is -0.117. The zero-order valence-corrected chi connectivity index (χ0v) is 13.4. The standard InChI is InChI=1S/C20H16N2O2/c1-13(23)7-14-5-6-19-17(8-14)10-18(24)11-20(22-19)16-4-2-3-15(9-16)12-21/h2-6,8-9H,7,10-11H2,1H3. The van der Waals surface area contributed by atoms with Crippen LogP contribution in [0.2, 0.25) is 0 Å². The number of Topliss-reactive ketones (excluding diaryl/α,β-unsaturated/α-hetero) is 2. The molecule has 0 saturated heterocycles. The minimum Gasteiger partial charge on any atom is -0.300 e. The van der Waals surface area contributed by atoms with Gasteiger partial charge in [-0.25, -0.2) is 0 Å². The molecule has 0 bridgehead atoms. The van der Waals surface area contributed by atoms with E-state index >= 15 is 0 Å². The third-order valence-corrected chi connectivity index (χ3v) is 3.93. The van der Waals surface area contributed by atoms with Crippen molar-refractivity contribution in [1.29, 1.82) is 5.26 Å². The summed E-state index contributed by atoms with van der Waals surface area (Å²) < 4.78 is 0. The molecule has 0 unspecified atom stereocenters. The van der Waals surface area contributed by atoms with E-state index in [1.54, 1.807) is 25.1 Å². The van der Waals surface area contributed by atoms with Crippen molar-refractivity contribution in [2.75, 3.05) is 0 Å². The Balaban J connectivity index is 2.03. The molecule has 24 heavy (non-hydrogen) atoms. The largest absolute Gasteiger partial charge is 0.300 e. The molecule has 0 aliphatic carbocycles. The van der Waals surface area contributed by atoms with Crippen molar-refractivity contribution in [3.05, 3.63) is 64.7 Å². The van der Waals surface area contributed by atoms with Crippen molar-refractivity contribution in [1.82, 2.24) is 0 Å². The van der Waals surface area contributed by atoms with Gasteiger partial charge in [0, 0.05) is 19.3 Å². The van der Waals surface area contributed by atoms with E-state index in [1.807, 2.05) is 24.3 Å². The van der Waals surface area contributed by atoms with E-state index in [0.29, 0.717) is 24.1 Å². The van der Waals surface area contributed by atoms with E-state index in [0.717, 1.165) is 22.4 Å². The highest BCUT2D eigenvalue weighted by atomic mass is 16.1. The molecule has 0 aromatic heterocycles. The van der Waals surface area contributed by atoms with Gasteiger partial charge in [0.2, 0.25) is 0 Å². The maximum atomic E-state index is 12.3. The highest BCUT2D eigenvalue weighted by molar-refractivity contribution is 6.13. The molecule has 1 heterocycles. The second kappa shape index (κ2) is 6.59. The monoisotopic (exact) mass is 316 g/mol. The molecule has 0 amide bonds. The van der Waals surface area contributed by atoms with E-state index in [1.165, 1.54) is 0 Å². The SMILES string of the molecule is CC(=O)Cc1ccc2c(c1)CC(=O)CC(c1cccc(C#N)c1)=N2. The van der Waals surface area contributed by atoms with Gasteiger partial charge in [-0.1, -0.05) is 24.3 Å². The van der Waals surface area contributed by atoms with Crippen LogP contribution in [0, 0.1) is 11.3 Å². The normalized spacial score (nSPS) is 13.5. The van der Waals surface area contributed by atoms with Crippen LogP contribution < -0.4 is 0 Å². The lowest BCUT2D eigenvalue weighted by Crippen LogP contribution is -2.09. The fourth-order valence-electron chi connectivity index (χ4n) is 2.87. The number of ketones is 2. The van der Waals surface area contributed by atoms with Gasteiger partial charge < -0.3 is 0 Å². The molecule has 4 nitrogen and oxygen atoms in total. The van der Waals surface area contributed by atoms with E-state index in [9.17, 15) is 9.59 Å². The minimum absolute atomic E-state index is 0.0786. The highest BCUT2D eigenvalue weighted by Gasteiger charge is 2.18. The highest BCUT2D eigenvalue weighted by Crippen LogP contribution is 2.27. The van der Waals surface area contributed by atoms with Gasteiger partial charge in [-0.15, -0.1) is 0 Å². The van der Waals surface area contributed by atoms with Gasteiger partial charge in [-0.3, -0.25) is 14.6 Å². The van der Waals surface area contributed by atoms with Crippen molar-refractivity contribution >= 4 is 23.0 Å². The van der Waals surface area contributed by atoms with Crippen LogP contribution in [0.4, 0.5) is 5.69 Å². The maximum Gasteiger partial charge on any atom is 0.143 e. The minimum atomic E-state index is 0.0786. The summed E-state index contributed by atoms with van der Waals surface area (Å²) in [5.41, 5.74) is 4.53. The van der Waals surface area contributed by atoms with Crippen molar-refractivity contribution in [2.24, 2.45) is 4.99 Å². The Hall–Kier alpha value is -3.06. The summed E-state index contributed by atoms with van der Waals surface area (Å²) >= 11 is 0. The Kier molecular flexibility index (Phi) is 4.35. The van der Waals surface area contributed by atoms with Crippen molar-refractivity contribution in [2.45, 2.75) is 26.2 Å². The number of carbonyl (C=O) groups is 2. The van der Waals surface area contributed by atoms with Gasteiger partial charge >= 0.3 is 0 Å². The van der Waals surface area contributed by atoms with Crippen LogP contribution in [0.15, 0.2) is 47.5 Å². The smallest absolute Gasteiger partial charge is 0.143 e. The number of benzene rings is 2. The topological polar surface area (TPSA) is 70.3 Å². The molecule has 0 saturated carbocycles. The molecular formula is C20H16N2O2. The summed E-state index contributed by atoms with van der Waals surface area (Å²) in [4.78, 5) is 28.3. The summed E-state index contributed by atoms with van der Waals surface area (Å²) in [6, 6.07) is 14.9. The van der Waals surface area contributed by atoms with E-state index in [-0.39, 0.29) is 18.0 Å². The summed E-state index contributed by atoms with van der Waals surface area (Å²) in [6.45, 7) is 1.55. The van der Waals surface area contributed by atoms with Gasteiger partial charge in [0.1, 0.15) is 11.6 Å². The first-order valence-corrected chi connectivity index (χ1v) is 7.76. The summed E-state index contributed by atoms with van der Waals surface area (Å²) in [5, 5.41) is 9.04. The Bertz CT molecular complexity index is 904.